The molecule has 0 aliphatic rings. The number of amides is 1. The molecule has 96 valence electrons. The van der Waals surface area contributed by atoms with Crippen LogP contribution in [-0.2, 0) is 17.2 Å². The Hall–Kier alpha value is -1.55. The van der Waals surface area contributed by atoms with E-state index in [2.05, 4.69) is 16.4 Å². The number of nitrogens with zero attached hydrogens (tertiary/aromatic N) is 2. The Balaban J connectivity index is 2.39. The summed E-state index contributed by atoms with van der Waals surface area (Å²) in [5, 5.41) is 2.62. The average Bonchev–Trinajstić information content (AvgIpc) is 2.73. The molecule has 0 saturated carbocycles. The van der Waals surface area contributed by atoms with Crippen molar-refractivity contribution >= 4 is 28.5 Å². The number of aromatic nitrogens is 2. The van der Waals surface area contributed by atoms with Gasteiger partial charge in [0.05, 0.1) is 16.9 Å². The molecule has 18 heavy (non-hydrogen) atoms. The molecule has 0 spiro atoms. The minimum atomic E-state index is 0.0185. The van der Waals surface area contributed by atoms with Crippen molar-refractivity contribution in [1.29, 1.82) is 0 Å². The Morgan fingerprint density at radius 1 is 1.50 bits per heavy atom. The van der Waals surface area contributed by atoms with E-state index in [4.69, 9.17) is 11.6 Å². The van der Waals surface area contributed by atoms with Crippen LogP contribution in [-0.4, -0.2) is 22.5 Å². The maximum atomic E-state index is 11.3. The molecule has 0 radical (unpaired) electrons. The van der Waals surface area contributed by atoms with Crippen LogP contribution in [0.1, 0.15) is 17.8 Å². The van der Waals surface area contributed by atoms with Crippen molar-refractivity contribution in [3.8, 4) is 0 Å². The Morgan fingerprint density at radius 3 is 2.94 bits per heavy atom. The number of alkyl halides is 1. The highest BCUT2D eigenvalue weighted by molar-refractivity contribution is 6.16. The molecule has 0 aliphatic carbocycles. The Kier molecular flexibility index (Phi) is 3.87. The summed E-state index contributed by atoms with van der Waals surface area (Å²) >= 11 is 5.91. The number of carbonyl (C=O) groups excluding carboxylic acids is 1. The summed E-state index contributed by atoms with van der Waals surface area (Å²) < 4.78 is 2.02. The maximum absolute atomic E-state index is 11.3. The van der Waals surface area contributed by atoms with E-state index in [1.165, 1.54) is 5.56 Å². The van der Waals surface area contributed by atoms with Gasteiger partial charge in [-0.1, -0.05) is 6.07 Å². The van der Waals surface area contributed by atoms with Crippen LogP contribution in [0.15, 0.2) is 18.2 Å². The van der Waals surface area contributed by atoms with Crippen LogP contribution in [0.5, 0.6) is 0 Å². The molecular weight excluding hydrogens is 250 g/mol. The molecule has 5 heteroatoms. The van der Waals surface area contributed by atoms with E-state index >= 15 is 0 Å². The molecule has 0 saturated heterocycles. The Morgan fingerprint density at radius 2 is 2.28 bits per heavy atom. The standard InChI is InChI=1S/C13H16ClN3O/c1-9-3-4-10-11(7-9)17(12(8-14)16-10)6-5-13(18)15-2/h3-4,7H,5-6,8H2,1-2H3,(H,15,18). The number of rotatable bonds is 4. The van der Waals surface area contributed by atoms with Crippen molar-refractivity contribution in [2.45, 2.75) is 25.8 Å². The first-order valence-corrected chi connectivity index (χ1v) is 6.41. The smallest absolute Gasteiger partial charge is 0.221 e. The molecular formula is C13H16ClN3O. The van der Waals surface area contributed by atoms with E-state index in [9.17, 15) is 4.79 Å². The monoisotopic (exact) mass is 265 g/mol. The predicted molar refractivity (Wildman–Crippen MR) is 72.7 cm³/mol. The number of aryl methyl sites for hydroxylation is 2. The summed E-state index contributed by atoms with van der Waals surface area (Å²) in [7, 11) is 1.64. The van der Waals surface area contributed by atoms with Gasteiger partial charge in [-0.25, -0.2) is 4.98 Å². The molecule has 1 heterocycles. The molecule has 1 aromatic carbocycles. The summed E-state index contributed by atoms with van der Waals surface area (Å²) in [6.07, 6.45) is 0.430. The Labute approximate surface area is 111 Å². The quantitative estimate of drug-likeness (QED) is 0.862. The molecule has 2 rings (SSSR count). The minimum Gasteiger partial charge on any atom is -0.359 e. The van der Waals surface area contributed by atoms with Crippen LogP contribution in [0, 0.1) is 6.92 Å². The fraction of sp³-hybridized carbons (Fsp3) is 0.385. The molecule has 0 unspecified atom stereocenters. The van der Waals surface area contributed by atoms with Crippen LogP contribution < -0.4 is 5.32 Å². The lowest BCUT2D eigenvalue weighted by Crippen LogP contribution is -2.20. The lowest BCUT2D eigenvalue weighted by atomic mass is 10.2. The van der Waals surface area contributed by atoms with Gasteiger partial charge in [0.25, 0.3) is 0 Å². The molecule has 2 aromatic rings. The van der Waals surface area contributed by atoms with Crippen LogP contribution in [0.2, 0.25) is 0 Å². The number of fused-ring (bicyclic) bond motifs is 1. The molecule has 1 aromatic heterocycles. The second-order valence-electron chi connectivity index (χ2n) is 4.23. The van der Waals surface area contributed by atoms with Crippen molar-refractivity contribution < 1.29 is 4.79 Å². The van der Waals surface area contributed by atoms with Crippen LogP contribution in [0.3, 0.4) is 0 Å². The molecule has 0 aliphatic heterocycles. The van der Waals surface area contributed by atoms with Gasteiger partial charge in [0, 0.05) is 20.0 Å². The van der Waals surface area contributed by atoms with Gasteiger partial charge in [-0.15, -0.1) is 11.6 Å². The average molecular weight is 266 g/mol. The van der Waals surface area contributed by atoms with Crippen molar-refractivity contribution in [3.05, 3.63) is 29.6 Å². The number of imidazole rings is 1. The zero-order valence-corrected chi connectivity index (χ0v) is 11.3. The highest BCUT2D eigenvalue weighted by Crippen LogP contribution is 2.19. The van der Waals surface area contributed by atoms with Gasteiger partial charge < -0.3 is 9.88 Å². The third-order valence-electron chi connectivity index (χ3n) is 2.94. The van der Waals surface area contributed by atoms with Gasteiger partial charge in [-0.2, -0.15) is 0 Å². The van der Waals surface area contributed by atoms with Crippen LogP contribution in [0.4, 0.5) is 0 Å². The SMILES string of the molecule is CNC(=O)CCn1c(CCl)nc2ccc(C)cc21. The molecule has 0 atom stereocenters. The van der Waals surface area contributed by atoms with E-state index < -0.39 is 0 Å². The van der Waals surface area contributed by atoms with Gasteiger partial charge in [0.1, 0.15) is 5.82 Å². The molecule has 0 fully saturated rings. The van der Waals surface area contributed by atoms with E-state index in [-0.39, 0.29) is 5.91 Å². The number of carbonyl (C=O) groups is 1. The van der Waals surface area contributed by atoms with E-state index in [1.807, 2.05) is 23.6 Å². The minimum absolute atomic E-state index is 0.0185. The molecule has 0 bridgehead atoms. The largest absolute Gasteiger partial charge is 0.359 e. The van der Waals surface area contributed by atoms with Gasteiger partial charge in [0.2, 0.25) is 5.91 Å². The Bertz CT molecular complexity index is 577. The van der Waals surface area contributed by atoms with Gasteiger partial charge in [-0.05, 0) is 24.6 Å². The fourth-order valence-corrected chi connectivity index (χ4v) is 2.18. The fourth-order valence-electron chi connectivity index (χ4n) is 1.97. The lowest BCUT2D eigenvalue weighted by Gasteiger charge is -2.07. The van der Waals surface area contributed by atoms with E-state index in [0.717, 1.165) is 16.9 Å². The molecule has 4 nitrogen and oxygen atoms in total. The number of halogens is 1. The van der Waals surface area contributed by atoms with Crippen LogP contribution >= 0.6 is 11.6 Å². The summed E-state index contributed by atoms with van der Waals surface area (Å²) in [4.78, 5) is 15.8. The second kappa shape index (κ2) is 5.40. The van der Waals surface area contributed by atoms with Gasteiger partial charge >= 0.3 is 0 Å². The summed E-state index contributed by atoms with van der Waals surface area (Å²) in [6, 6.07) is 6.08. The molecule has 1 amide bonds. The lowest BCUT2D eigenvalue weighted by molar-refractivity contribution is -0.120. The zero-order chi connectivity index (χ0) is 13.1. The zero-order valence-electron chi connectivity index (χ0n) is 10.5. The van der Waals surface area contributed by atoms with E-state index in [0.29, 0.717) is 18.8 Å². The van der Waals surface area contributed by atoms with Gasteiger partial charge in [-0.3, -0.25) is 4.79 Å². The van der Waals surface area contributed by atoms with Crippen molar-refractivity contribution in [2.75, 3.05) is 7.05 Å². The second-order valence-corrected chi connectivity index (χ2v) is 4.50. The summed E-state index contributed by atoms with van der Waals surface area (Å²) in [5.41, 5.74) is 3.13. The highest BCUT2D eigenvalue weighted by atomic mass is 35.5. The summed E-state index contributed by atoms with van der Waals surface area (Å²) in [6.45, 7) is 2.64. The normalized spacial score (nSPS) is 10.8. The first-order valence-electron chi connectivity index (χ1n) is 5.88. The molecule has 1 N–H and O–H groups in total. The third kappa shape index (κ3) is 2.48. The first-order chi connectivity index (χ1) is 8.65. The first kappa shape index (κ1) is 12.9. The maximum Gasteiger partial charge on any atom is 0.221 e. The van der Waals surface area contributed by atoms with Crippen molar-refractivity contribution in [2.24, 2.45) is 0 Å². The summed E-state index contributed by atoms with van der Waals surface area (Å²) in [5.74, 6) is 1.17. The topological polar surface area (TPSA) is 46.9 Å². The highest BCUT2D eigenvalue weighted by Gasteiger charge is 2.11. The van der Waals surface area contributed by atoms with Crippen molar-refractivity contribution in [3.63, 3.8) is 0 Å². The number of benzene rings is 1. The third-order valence-corrected chi connectivity index (χ3v) is 3.18. The van der Waals surface area contributed by atoms with Crippen molar-refractivity contribution in [1.82, 2.24) is 14.9 Å². The number of nitrogens with one attached hydrogen (secondary N) is 1. The predicted octanol–water partition coefficient (Wildman–Crippen LogP) is 2.22. The van der Waals surface area contributed by atoms with Gasteiger partial charge in [0.15, 0.2) is 0 Å². The van der Waals surface area contributed by atoms with Crippen LogP contribution in [0.25, 0.3) is 11.0 Å². The number of hydrogen-bond acceptors (Lipinski definition) is 2. The number of hydrogen-bond donors (Lipinski definition) is 1. The van der Waals surface area contributed by atoms with E-state index in [1.54, 1.807) is 7.05 Å².